The lowest BCUT2D eigenvalue weighted by Crippen LogP contribution is -2.51. The number of hydrogen-bond donors (Lipinski definition) is 2. The number of thioether (sulfide) groups is 1. The summed E-state index contributed by atoms with van der Waals surface area (Å²) in [4.78, 5) is 39.3. The number of nitrogens with one attached hydrogen (secondary N) is 2. The number of urea groups is 1. The molecule has 0 saturated heterocycles. The van der Waals surface area contributed by atoms with Crippen LogP contribution in [0.2, 0.25) is 0 Å². The van der Waals surface area contributed by atoms with Gasteiger partial charge < -0.3 is 15.4 Å². The fourth-order valence-electron chi connectivity index (χ4n) is 3.04. The summed E-state index contributed by atoms with van der Waals surface area (Å²) >= 11 is 1.61. The van der Waals surface area contributed by atoms with Gasteiger partial charge in [0.1, 0.15) is 13.2 Å². The van der Waals surface area contributed by atoms with Crippen LogP contribution in [0.3, 0.4) is 0 Å². The quantitative estimate of drug-likeness (QED) is 0.605. The Balaban J connectivity index is 1.91. The maximum Gasteiger partial charge on any atom is 0.338 e. The molecule has 0 aliphatic carbocycles. The molecule has 3 rings (SSSR count). The van der Waals surface area contributed by atoms with Gasteiger partial charge in [-0.25, -0.2) is 9.59 Å². The summed E-state index contributed by atoms with van der Waals surface area (Å²) in [7, 11) is 0. The van der Waals surface area contributed by atoms with Crippen molar-refractivity contribution in [2.75, 3.05) is 19.4 Å². The summed E-state index contributed by atoms with van der Waals surface area (Å²) in [6.07, 6.45) is 1.98. The van der Waals surface area contributed by atoms with E-state index in [9.17, 15) is 14.4 Å². The SMILES string of the molecule is CSc1ccc([C@@H]2NC(=O)N(CC(=O)NC(C)C)C3=C2C(=O)OC3)cc1. The topological polar surface area (TPSA) is 87.7 Å². The van der Waals surface area contributed by atoms with Crippen LogP contribution in [0.1, 0.15) is 25.5 Å². The molecule has 7 nitrogen and oxygen atoms in total. The standard InChI is InChI=1S/C18H21N3O4S/c1-10(2)19-14(22)8-21-13-9-25-17(23)15(13)16(20-18(21)24)11-4-6-12(26-3)7-5-11/h4-7,10,16H,8-9H2,1-3H3,(H,19,22)(H,20,24)/t16-/m0/s1. The van der Waals surface area contributed by atoms with Crippen LogP contribution in [-0.2, 0) is 14.3 Å². The Kier molecular flexibility index (Phi) is 5.22. The maximum atomic E-state index is 12.6. The van der Waals surface area contributed by atoms with E-state index in [-0.39, 0.29) is 25.1 Å². The molecule has 0 spiro atoms. The van der Waals surface area contributed by atoms with E-state index >= 15 is 0 Å². The first-order chi connectivity index (χ1) is 12.4. The minimum Gasteiger partial charge on any atom is -0.456 e. The second kappa shape index (κ2) is 7.41. The molecular weight excluding hydrogens is 354 g/mol. The summed E-state index contributed by atoms with van der Waals surface area (Å²) in [5.74, 6) is -0.752. The summed E-state index contributed by atoms with van der Waals surface area (Å²) < 4.78 is 5.16. The van der Waals surface area contributed by atoms with Gasteiger partial charge in [0.05, 0.1) is 17.3 Å². The van der Waals surface area contributed by atoms with E-state index in [1.54, 1.807) is 11.8 Å². The molecule has 0 aromatic heterocycles. The Labute approximate surface area is 156 Å². The molecular formula is C18H21N3O4S. The lowest BCUT2D eigenvalue weighted by atomic mass is 9.96. The lowest BCUT2D eigenvalue weighted by molar-refractivity contribution is -0.136. The second-order valence-corrected chi connectivity index (χ2v) is 7.28. The van der Waals surface area contributed by atoms with Gasteiger partial charge in [0.2, 0.25) is 5.91 Å². The Hall–Kier alpha value is -2.48. The highest BCUT2D eigenvalue weighted by Gasteiger charge is 2.42. The number of carbonyl (C=O) groups excluding carboxylic acids is 3. The first-order valence-corrected chi connectivity index (χ1v) is 9.54. The lowest BCUT2D eigenvalue weighted by Gasteiger charge is -2.32. The minimum absolute atomic E-state index is 0.00403. The van der Waals surface area contributed by atoms with Crippen LogP contribution in [0.25, 0.3) is 0 Å². The molecule has 0 saturated carbocycles. The molecule has 0 fully saturated rings. The van der Waals surface area contributed by atoms with Gasteiger partial charge in [0.25, 0.3) is 0 Å². The van der Waals surface area contributed by atoms with Crippen LogP contribution >= 0.6 is 11.8 Å². The summed E-state index contributed by atoms with van der Waals surface area (Å²) in [6.45, 7) is 3.53. The van der Waals surface area contributed by atoms with Crippen LogP contribution in [-0.4, -0.2) is 48.3 Å². The molecule has 0 bridgehead atoms. The molecule has 0 unspecified atom stereocenters. The van der Waals surface area contributed by atoms with E-state index < -0.39 is 18.0 Å². The third kappa shape index (κ3) is 3.55. The van der Waals surface area contributed by atoms with Gasteiger partial charge >= 0.3 is 12.0 Å². The van der Waals surface area contributed by atoms with Crippen molar-refractivity contribution in [1.29, 1.82) is 0 Å². The van der Waals surface area contributed by atoms with E-state index in [0.717, 1.165) is 10.5 Å². The molecule has 138 valence electrons. The predicted molar refractivity (Wildman–Crippen MR) is 97.5 cm³/mol. The van der Waals surface area contributed by atoms with Gasteiger partial charge in [-0.3, -0.25) is 9.69 Å². The predicted octanol–water partition coefficient (Wildman–Crippen LogP) is 1.81. The average Bonchev–Trinajstić information content (AvgIpc) is 2.98. The highest BCUT2D eigenvalue weighted by atomic mass is 32.2. The molecule has 26 heavy (non-hydrogen) atoms. The minimum atomic E-state index is -0.576. The van der Waals surface area contributed by atoms with E-state index in [1.807, 2.05) is 44.4 Å². The fraction of sp³-hybridized carbons (Fsp3) is 0.389. The fourth-order valence-corrected chi connectivity index (χ4v) is 3.44. The molecule has 2 N–H and O–H groups in total. The molecule has 2 heterocycles. The number of hydrogen-bond acceptors (Lipinski definition) is 5. The van der Waals surface area contributed by atoms with E-state index in [4.69, 9.17) is 4.74 Å². The third-order valence-electron chi connectivity index (χ3n) is 4.20. The van der Waals surface area contributed by atoms with Crippen LogP contribution in [0.4, 0.5) is 4.79 Å². The van der Waals surface area contributed by atoms with Gasteiger partial charge in [-0.1, -0.05) is 12.1 Å². The normalized spacial score (nSPS) is 19.4. The third-order valence-corrected chi connectivity index (χ3v) is 4.94. The molecule has 8 heteroatoms. The van der Waals surface area contributed by atoms with Crippen LogP contribution in [0, 0.1) is 0 Å². The first kappa shape index (κ1) is 18.3. The summed E-state index contributed by atoms with van der Waals surface area (Å²) in [5.41, 5.74) is 1.64. The highest BCUT2D eigenvalue weighted by molar-refractivity contribution is 7.98. The Morgan fingerprint density at radius 1 is 1.35 bits per heavy atom. The molecule has 2 aliphatic heterocycles. The molecule has 1 aromatic carbocycles. The highest BCUT2D eigenvalue weighted by Crippen LogP contribution is 2.35. The zero-order valence-corrected chi connectivity index (χ0v) is 15.7. The Morgan fingerprint density at radius 3 is 2.65 bits per heavy atom. The number of carbonyl (C=O) groups is 3. The summed E-state index contributed by atoms with van der Waals surface area (Å²) in [6, 6.07) is 6.62. The number of esters is 1. The first-order valence-electron chi connectivity index (χ1n) is 8.32. The van der Waals surface area contributed by atoms with Gasteiger partial charge in [-0.2, -0.15) is 0 Å². The van der Waals surface area contributed by atoms with Crippen molar-refractivity contribution >= 4 is 29.7 Å². The van der Waals surface area contributed by atoms with E-state index in [2.05, 4.69) is 10.6 Å². The van der Waals surface area contributed by atoms with E-state index in [0.29, 0.717) is 11.3 Å². The van der Waals surface area contributed by atoms with Gasteiger partial charge in [0, 0.05) is 10.9 Å². The molecule has 1 atom stereocenters. The van der Waals surface area contributed by atoms with Gasteiger partial charge in [0.15, 0.2) is 0 Å². The second-order valence-electron chi connectivity index (χ2n) is 6.40. The van der Waals surface area contributed by atoms with Crippen molar-refractivity contribution < 1.29 is 19.1 Å². The maximum absolute atomic E-state index is 12.6. The van der Waals surface area contributed by atoms with Gasteiger partial charge in [-0.05, 0) is 37.8 Å². The smallest absolute Gasteiger partial charge is 0.338 e. The molecule has 2 aliphatic rings. The van der Waals surface area contributed by atoms with Crippen LogP contribution in [0.15, 0.2) is 40.4 Å². The Morgan fingerprint density at radius 2 is 2.04 bits per heavy atom. The summed E-state index contributed by atoms with van der Waals surface area (Å²) in [5, 5.41) is 5.57. The van der Waals surface area contributed by atoms with Crippen molar-refractivity contribution in [2.24, 2.45) is 0 Å². The molecule has 1 aromatic rings. The van der Waals surface area contributed by atoms with E-state index in [1.165, 1.54) is 4.90 Å². The molecule has 3 amide bonds. The van der Waals surface area contributed by atoms with Crippen LogP contribution in [0.5, 0.6) is 0 Å². The Bertz CT molecular complexity index is 773. The van der Waals surface area contributed by atoms with Crippen molar-refractivity contribution in [3.05, 3.63) is 41.1 Å². The van der Waals surface area contributed by atoms with Gasteiger partial charge in [-0.15, -0.1) is 11.8 Å². The largest absolute Gasteiger partial charge is 0.456 e. The van der Waals surface area contributed by atoms with Crippen molar-refractivity contribution in [3.63, 3.8) is 0 Å². The zero-order chi connectivity index (χ0) is 18.8. The van der Waals surface area contributed by atoms with Crippen LogP contribution < -0.4 is 10.6 Å². The van der Waals surface area contributed by atoms with Crippen molar-refractivity contribution in [3.8, 4) is 0 Å². The number of rotatable bonds is 5. The van der Waals surface area contributed by atoms with Crippen molar-refractivity contribution in [2.45, 2.75) is 30.8 Å². The number of benzene rings is 1. The number of ether oxygens (including phenoxy) is 1. The monoisotopic (exact) mass is 375 g/mol. The van der Waals surface area contributed by atoms with Crippen molar-refractivity contribution in [1.82, 2.24) is 15.5 Å². The zero-order valence-electron chi connectivity index (χ0n) is 14.9. The number of cyclic esters (lactones) is 1. The number of nitrogens with zero attached hydrogens (tertiary/aromatic N) is 1. The average molecular weight is 375 g/mol. The number of amides is 3. The molecule has 0 radical (unpaired) electrons.